The van der Waals surface area contributed by atoms with Crippen LogP contribution in [0.3, 0.4) is 0 Å². The van der Waals surface area contributed by atoms with E-state index in [4.69, 9.17) is 25.8 Å². The number of nitrogens with one attached hydrogen (secondary N) is 1. The van der Waals surface area contributed by atoms with Crippen molar-refractivity contribution in [2.24, 2.45) is 0 Å². The summed E-state index contributed by atoms with van der Waals surface area (Å²) >= 11 is 6.09. The molecule has 1 aliphatic heterocycles. The van der Waals surface area contributed by atoms with Crippen molar-refractivity contribution in [2.75, 3.05) is 34.0 Å². The second-order valence-corrected chi connectivity index (χ2v) is 8.92. The van der Waals surface area contributed by atoms with Gasteiger partial charge in [0, 0.05) is 25.2 Å². The molecule has 0 saturated carbocycles. The van der Waals surface area contributed by atoms with Gasteiger partial charge in [0.15, 0.2) is 0 Å². The molecule has 1 heterocycles. The topological polar surface area (TPSA) is 73.9 Å². The van der Waals surface area contributed by atoms with E-state index < -0.39 is 10.0 Å². The van der Waals surface area contributed by atoms with E-state index in [1.165, 1.54) is 19.2 Å². The first-order valence-electron chi connectivity index (χ1n) is 8.96. The summed E-state index contributed by atoms with van der Waals surface area (Å²) in [6.45, 7) is 1.44. The Kier molecular flexibility index (Phi) is 6.50. The van der Waals surface area contributed by atoms with Gasteiger partial charge in [0.05, 0.1) is 24.1 Å². The number of methoxy groups -OCH3 is 2. The fourth-order valence-electron chi connectivity index (χ4n) is 3.40. The van der Waals surface area contributed by atoms with Crippen LogP contribution in [-0.4, -0.2) is 42.4 Å². The molecule has 1 aliphatic rings. The number of hydrogen-bond acceptors (Lipinski definition) is 5. The van der Waals surface area contributed by atoms with Gasteiger partial charge in [-0.05, 0) is 48.7 Å². The summed E-state index contributed by atoms with van der Waals surface area (Å²) in [4.78, 5) is 0.107. The van der Waals surface area contributed by atoms with Gasteiger partial charge < -0.3 is 14.2 Å². The maximum atomic E-state index is 12.8. The quantitative estimate of drug-likeness (QED) is 0.736. The monoisotopic (exact) mass is 425 g/mol. The molecule has 2 aromatic carbocycles. The first kappa shape index (κ1) is 20.9. The van der Waals surface area contributed by atoms with Crippen LogP contribution in [0.4, 0.5) is 0 Å². The molecule has 28 heavy (non-hydrogen) atoms. The summed E-state index contributed by atoms with van der Waals surface area (Å²) in [5, 5.41) is 0.251. The van der Waals surface area contributed by atoms with Crippen LogP contribution in [-0.2, 0) is 20.2 Å². The van der Waals surface area contributed by atoms with E-state index in [1.807, 2.05) is 24.3 Å². The summed E-state index contributed by atoms with van der Waals surface area (Å²) in [7, 11) is -0.620. The lowest BCUT2D eigenvalue weighted by Gasteiger charge is -2.38. The lowest BCUT2D eigenvalue weighted by atomic mass is 9.74. The first-order chi connectivity index (χ1) is 13.4. The summed E-state index contributed by atoms with van der Waals surface area (Å²) in [6.07, 6.45) is 1.45. The minimum absolute atomic E-state index is 0.107. The molecular weight excluding hydrogens is 402 g/mol. The van der Waals surface area contributed by atoms with Gasteiger partial charge in [0.2, 0.25) is 10.0 Å². The Hall–Kier alpha value is -1.80. The van der Waals surface area contributed by atoms with Crippen molar-refractivity contribution >= 4 is 21.6 Å². The molecule has 0 unspecified atom stereocenters. The SMILES string of the molecule is COc1ccc(C2(CNS(=O)(=O)c3ccc(OC)c(Cl)c3)CCOCC2)cc1. The van der Waals surface area contributed by atoms with Crippen molar-refractivity contribution in [1.29, 1.82) is 0 Å². The van der Waals surface area contributed by atoms with Crippen molar-refractivity contribution in [3.05, 3.63) is 53.1 Å². The van der Waals surface area contributed by atoms with E-state index >= 15 is 0 Å². The number of rotatable bonds is 7. The van der Waals surface area contributed by atoms with Gasteiger partial charge in [0.25, 0.3) is 0 Å². The maximum Gasteiger partial charge on any atom is 0.240 e. The van der Waals surface area contributed by atoms with Crippen LogP contribution in [0.2, 0.25) is 5.02 Å². The minimum Gasteiger partial charge on any atom is -0.497 e. The Morgan fingerprint density at radius 2 is 1.75 bits per heavy atom. The maximum absolute atomic E-state index is 12.8. The van der Waals surface area contributed by atoms with Crippen molar-refractivity contribution in [2.45, 2.75) is 23.2 Å². The average molecular weight is 426 g/mol. The zero-order valence-electron chi connectivity index (χ0n) is 15.9. The van der Waals surface area contributed by atoms with E-state index in [-0.39, 0.29) is 21.9 Å². The van der Waals surface area contributed by atoms with E-state index in [1.54, 1.807) is 13.2 Å². The molecule has 1 fully saturated rings. The molecule has 0 aliphatic carbocycles. The molecule has 0 radical (unpaired) electrons. The molecule has 8 heteroatoms. The van der Waals surface area contributed by atoms with Crippen LogP contribution in [0, 0.1) is 0 Å². The second kappa shape index (κ2) is 8.69. The Bertz CT molecular complexity index is 909. The van der Waals surface area contributed by atoms with Crippen LogP contribution in [0.15, 0.2) is 47.4 Å². The van der Waals surface area contributed by atoms with Gasteiger partial charge in [-0.3, -0.25) is 0 Å². The first-order valence-corrected chi connectivity index (χ1v) is 10.8. The number of hydrogen-bond donors (Lipinski definition) is 1. The smallest absolute Gasteiger partial charge is 0.240 e. The molecule has 2 aromatic rings. The Morgan fingerprint density at radius 1 is 1.07 bits per heavy atom. The zero-order valence-corrected chi connectivity index (χ0v) is 17.5. The normalized spacial score (nSPS) is 16.5. The molecule has 1 saturated heterocycles. The summed E-state index contributed by atoms with van der Waals surface area (Å²) in [5.74, 6) is 1.19. The van der Waals surface area contributed by atoms with Crippen LogP contribution < -0.4 is 14.2 Å². The van der Waals surface area contributed by atoms with Crippen molar-refractivity contribution in [1.82, 2.24) is 4.72 Å². The second-order valence-electron chi connectivity index (χ2n) is 6.74. The minimum atomic E-state index is -3.72. The molecule has 152 valence electrons. The Morgan fingerprint density at radius 3 is 2.32 bits per heavy atom. The highest BCUT2D eigenvalue weighted by Gasteiger charge is 2.36. The van der Waals surface area contributed by atoms with Crippen LogP contribution >= 0.6 is 11.6 Å². The fraction of sp³-hybridized carbons (Fsp3) is 0.400. The van der Waals surface area contributed by atoms with Crippen molar-refractivity contribution < 1.29 is 22.6 Å². The lowest BCUT2D eigenvalue weighted by molar-refractivity contribution is 0.0517. The van der Waals surface area contributed by atoms with Crippen LogP contribution in [0.5, 0.6) is 11.5 Å². The Labute approximate surface area is 170 Å². The fourth-order valence-corrected chi connectivity index (χ4v) is 4.88. The highest BCUT2D eigenvalue weighted by Crippen LogP contribution is 2.36. The van der Waals surface area contributed by atoms with Gasteiger partial charge in [-0.25, -0.2) is 13.1 Å². The molecule has 3 rings (SSSR count). The summed E-state index contributed by atoms with van der Waals surface area (Å²) in [5.41, 5.74) is 0.723. The molecule has 0 bridgehead atoms. The highest BCUT2D eigenvalue weighted by molar-refractivity contribution is 7.89. The highest BCUT2D eigenvalue weighted by atomic mass is 35.5. The number of sulfonamides is 1. The van der Waals surface area contributed by atoms with E-state index in [2.05, 4.69) is 4.72 Å². The van der Waals surface area contributed by atoms with E-state index in [0.717, 1.165) is 24.2 Å². The predicted octanol–water partition coefficient (Wildman–Crippen LogP) is 3.38. The molecule has 6 nitrogen and oxygen atoms in total. The third kappa shape index (κ3) is 4.43. The number of ether oxygens (including phenoxy) is 3. The standard InChI is InChI=1S/C20H24ClNO5S/c1-25-16-5-3-15(4-6-16)20(9-11-27-12-10-20)14-22-28(23,24)17-7-8-19(26-2)18(21)13-17/h3-8,13,22H,9-12,14H2,1-2H3. The third-order valence-electron chi connectivity index (χ3n) is 5.19. The molecule has 1 N–H and O–H groups in total. The zero-order chi connectivity index (χ0) is 20.2. The largest absolute Gasteiger partial charge is 0.497 e. The molecule has 0 spiro atoms. The number of benzene rings is 2. The van der Waals surface area contributed by atoms with Gasteiger partial charge in [-0.2, -0.15) is 0 Å². The van der Waals surface area contributed by atoms with Gasteiger partial charge >= 0.3 is 0 Å². The predicted molar refractivity (Wildman–Crippen MR) is 108 cm³/mol. The lowest BCUT2D eigenvalue weighted by Crippen LogP contribution is -2.44. The average Bonchev–Trinajstić information content (AvgIpc) is 2.73. The van der Waals surface area contributed by atoms with Crippen LogP contribution in [0.1, 0.15) is 18.4 Å². The molecule has 0 atom stereocenters. The summed E-state index contributed by atoms with van der Waals surface area (Å²) in [6, 6.07) is 12.2. The Balaban J connectivity index is 1.84. The van der Waals surface area contributed by atoms with E-state index in [0.29, 0.717) is 19.0 Å². The molecular formula is C20H24ClNO5S. The van der Waals surface area contributed by atoms with Gasteiger partial charge in [0.1, 0.15) is 11.5 Å². The van der Waals surface area contributed by atoms with E-state index in [9.17, 15) is 8.42 Å². The van der Waals surface area contributed by atoms with Crippen LogP contribution in [0.25, 0.3) is 0 Å². The molecule has 0 aromatic heterocycles. The third-order valence-corrected chi connectivity index (χ3v) is 6.88. The molecule has 0 amide bonds. The van der Waals surface area contributed by atoms with Crippen molar-refractivity contribution in [3.8, 4) is 11.5 Å². The van der Waals surface area contributed by atoms with Crippen molar-refractivity contribution in [3.63, 3.8) is 0 Å². The summed E-state index contributed by atoms with van der Waals surface area (Å²) < 4.78 is 44.3. The number of halogens is 1. The van der Waals surface area contributed by atoms with Gasteiger partial charge in [-0.15, -0.1) is 0 Å². The van der Waals surface area contributed by atoms with Gasteiger partial charge in [-0.1, -0.05) is 23.7 Å².